The number of tetrazole rings is 1. The third kappa shape index (κ3) is 3.50. The molecular formula is C10H7BCl2N6O2. The molecule has 1 heterocycles. The number of benzene rings is 1. The smallest absolute Gasteiger partial charge is 0.423 e. The Hall–Kier alpha value is -2.12. The van der Waals surface area contributed by atoms with Crippen LogP contribution >= 0.6 is 23.2 Å². The van der Waals surface area contributed by atoms with E-state index in [1.807, 2.05) is 6.07 Å². The van der Waals surface area contributed by atoms with Crippen molar-refractivity contribution in [2.45, 2.75) is 0 Å². The van der Waals surface area contributed by atoms with E-state index in [-0.39, 0.29) is 26.9 Å². The maximum atomic E-state index is 9.19. The molecule has 0 spiro atoms. The van der Waals surface area contributed by atoms with Crippen LogP contribution in [0.2, 0.25) is 10.0 Å². The molecule has 21 heavy (non-hydrogen) atoms. The van der Waals surface area contributed by atoms with Crippen LogP contribution in [0, 0.1) is 11.3 Å². The standard InChI is InChI=1S/C10H7BCl2N6O2/c12-7-2-8(13)9(1-6(7)11(20)21)15-4-5(3-14)10-16-18-19-17-10/h1-2,4,15,20-21H,(H,16,17,18,19). The predicted octanol–water partition coefficient (Wildman–Crippen LogP) is 0.163. The lowest BCUT2D eigenvalue weighted by Crippen LogP contribution is -2.31. The van der Waals surface area contributed by atoms with Crippen molar-refractivity contribution in [2.24, 2.45) is 0 Å². The maximum absolute atomic E-state index is 9.19. The Morgan fingerprint density at radius 3 is 2.71 bits per heavy atom. The van der Waals surface area contributed by atoms with Crippen molar-refractivity contribution in [3.8, 4) is 6.07 Å². The van der Waals surface area contributed by atoms with Gasteiger partial charge in [0.2, 0.25) is 5.82 Å². The van der Waals surface area contributed by atoms with Gasteiger partial charge < -0.3 is 15.4 Å². The van der Waals surface area contributed by atoms with Crippen LogP contribution in [0.25, 0.3) is 5.57 Å². The lowest BCUT2D eigenvalue weighted by atomic mass is 9.80. The Kier molecular flexibility index (Phi) is 4.77. The van der Waals surface area contributed by atoms with Gasteiger partial charge in [-0.3, -0.25) is 0 Å². The van der Waals surface area contributed by atoms with Gasteiger partial charge in [0.1, 0.15) is 11.6 Å². The van der Waals surface area contributed by atoms with Crippen LogP contribution in [0.15, 0.2) is 18.3 Å². The fourth-order valence-electron chi connectivity index (χ4n) is 1.45. The van der Waals surface area contributed by atoms with Gasteiger partial charge in [0, 0.05) is 16.7 Å². The van der Waals surface area contributed by atoms with Gasteiger partial charge in [-0.15, -0.1) is 10.2 Å². The summed E-state index contributed by atoms with van der Waals surface area (Å²) in [5, 5.41) is 43.4. The highest BCUT2D eigenvalue weighted by atomic mass is 35.5. The topological polar surface area (TPSA) is 131 Å². The van der Waals surface area contributed by atoms with E-state index in [9.17, 15) is 10.0 Å². The highest BCUT2D eigenvalue weighted by Crippen LogP contribution is 2.25. The Bertz CT molecular complexity index is 713. The minimum atomic E-state index is -1.74. The lowest BCUT2D eigenvalue weighted by molar-refractivity contribution is 0.426. The van der Waals surface area contributed by atoms with Crippen LogP contribution in [-0.4, -0.2) is 37.8 Å². The summed E-state index contributed by atoms with van der Waals surface area (Å²) in [5.74, 6) is 0.109. The number of nitrogens with one attached hydrogen (secondary N) is 2. The summed E-state index contributed by atoms with van der Waals surface area (Å²) in [6.07, 6.45) is 1.31. The minimum Gasteiger partial charge on any atom is -0.423 e. The van der Waals surface area contributed by atoms with Gasteiger partial charge in [0.05, 0.1) is 10.7 Å². The third-order valence-electron chi connectivity index (χ3n) is 2.44. The first-order valence-corrected chi connectivity index (χ1v) is 6.24. The van der Waals surface area contributed by atoms with E-state index in [4.69, 9.17) is 28.5 Å². The molecule has 1 aromatic carbocycles. The Morgan fingerprint density at radius 2 is 2.14 bits per heavy atom. The zero-order chi connectivity index (χ0) is 15.4. The molecule has 0 saturated heterocycles. The van der Waals surface area contributed by atoms with Gasteiger partial charge in [-0.1, -0.05) is 23.2 Å². The minimum absolute atomic E-state index is 0.0787. The van der Waals surface area contributed by atoms with E-state index < -0.39 is 7.12 Å². The number of anilines is 1. The molecule has 1 aromatic heterocycles. The van der Waals surface area contributed by atoms with Crippen LogP contribution in [0.1, 0.15) is 5.82 Å². The summed E-state index contributed by atoms with van der Waals surface area (Å²) in [6.45, 7) is 0. The number of halogens is 2. The Balaban J connectivity index is 2.32. The van der Waals surface area contributed by atoms with E-state index in [1.165, 1.54) is 18.3 Å². The lowest BCUT2D eigenvalue weighted by Gasteiger charge is -2.09. The molecule has 4 N–H and O–H groups in total. The molecule has 0 bridgehead atoms. The summed E-state index contributed by atoms with van der Waals surface area (Å²) >= 11 is 11.8. The molecule has 2 rings (SSSR count). The SMILES string of the molecule is N#CC(=CNc1cc(B(O)O)c(Cl)cc1Cl)c1nn[nH]n1. The molecule has 0 atom stereocenters. The zero-order valence-electron chi connectivity index (χ0n) is 10.2. The van der Waals surface area contributed by atoms with Crippen molar-refractivity contribution in [3.63, 3.8) is 0 Å². The molecule has 0 saturated carbocycles. The zero-order valence-corrected chi connectivity index (χ0v) is 11.8. The molecule has 11 heteroatoms. The molecule has 0 aliphatic carbocycles. The average molecular weight is 325 g/mol. The predicted molar refractivity (Wildman–Crippen MR) is 77.7 cm³/mol. The molecule has 0 aliphatic rings. The average Bonchev–Trinajstić information content (AvgIpc) is 2.95. The quantitative estimate of drug-likeness (QED) is 0.465. The highest BCUT2D eigenvalue weighted by molar-refractivity contribution is 6.63. The van der Waals surface area contributed by atoms with E-state index in [0.717, 1.165) is 0 Å². The maximum Gasteiger partial charge on any atom is 0.490 e. The van der Waals surface area contributed by atoms with Crippen molar-refractivity contribution in [1.29, 1.82) is 5.26 Å². The summed E-state index contributed by atoms with van der Waals surface area (Å²) in [6, 6.07) is 4.60. The first kappa shape index (κ1) is 15.3. The molecule has 0 unspecified atom stereocenters. The van der Waals surface area contributed by atoms with E-state index in [1.54, 1.807) is 0 Å². The van der Waals surface area contributed by atoms with Crippen LogP contribution in [0.5, 0.6) is 0 Å². The summed E-state index contributed by atoms with van der Waals surface area (Å²) in [7, 11) is -1.74. The first-order valence-electron chi connectivity index (χ1n) is 5.48. The Labute approximate surface area is 129 Å². The van der Waals surface area contributed by atoms with Crippen molar-refractivity contribution < 1.29 is 10.0 Å². The summed E-state index contributed by atoms with van der Waals surface area (Å²) in [4.78, 5) is 0. The second-order valence-corrected chi connectivity index (χ2v) is 4.59. The molecule has 0 fully saturated rings. The number of nitrogens with zero attached hydrogens (tertiary/aromatic N) is 4. The van der Waals surface area contributed by atoms with Gasteiger partial charge in [0.25, 0.3) is 0 Å². The molecule has 0 amide bonds. The largest absolute Gasteiger partial charge is 0.490 e. The number of aromatic nitrogens is 4. The fourth-order valence-corrected chi connectivity index (χ4v) is 1.98. The monoisotopic (exact) mass is 324 g/mol. The normalized spacial score (nSPS) is 11.1. The highest BCUT2D eigenvalue weighted by Gasteiger charge is 2.17. The van der Waals surface area contributed by atoms with Crippen LogP contribution in [0.4, 0.5) is 5.69 Å². The van der Waals surface area contributed by atoms with Gasteiger partial charge in [-0.2, -0.15) is 10.5 Å². The number of rotatable bonds is 4. The van der Waals surface area contributed by atoms with Crippen LogP contribution < -0.4 is 10.8 Å². The third-order valence-corrected chi connectivity index (χ3v) is 3.08. The molecule has 0 aliphatic heterocycles. The van der Waals surface area contributed by atoms with Crippen molar-refractivity contribution in [2.75, 3.05) is 5.32 Å². The van der Waals surface area contributed by atoms with Crippen molar-refractivity contribution in [3.05, 3.63) is 34.2 Å². The Morgan fingerprint density at radius 1 is 1.38 bits per heavy atom. The second kappa shape index (κ2) is 6.56. The number of H-pyrrole nitrogens is 1. The summed E-state index contributed by atoms with van der Waals surface area (Å²) < 4.78 is 0. The van der Waals surface area contributed by atoms with Crippen molar-refractivity contribution >= 4 is 47.0 Å². The van der Waals surface area contributed by atoms with E-state index >= 15 is 0 Å². The number of hydrogen-bond acceptors (Lipinski definition) is 7. The fraction of sp³-hybridized carbons (Fsp3) is 0. The summed E-state index contributed by atoms with van der Waals surface area (Å²) in [5.41, 5.74) is 0.524. The number of nitriles is 1. The van der Waals surface area contributed by atoms with E-state index in [2.05, 4.69) is 25.9 Å². The van der Waals surface area contributed by atoms with E-state index in [0.29, 0.717) is 5.69 Å². The molecule has 2 aromatic rings. The molecule has 0 radical (unpaired) electrons. The molecular weight excluding hydrogens is 318 g/mol. The van der Waals surface area contributed by atoms with Gasteiger partial charge in [-0.05, 0) is 17.3 Å². The number of aromatic amines is 1. The van der Waals surface area contributed by atoms with Crippen LogP contribution in [-0.2, 0) is 0 Å². The van der Waals surface area contributed by atoms with Gasteiger partial charge in [0.15, 0.2) is 0 Å². The molecule has 106 valence electrons. The number of hydrogen-bond donors (Lipinski definition) is 4. The van der Waals surface area contributed by atoms with Crippen LogP contribution in [0.3, 0.4) is 0 Å². The first-order chi connectivity index (χ1) is 10.0. The van der Waals surface area contributed by atoms with Gasteiger partial charge >= 0.3 is 7.12 Å². The van der Waals surface area contributed by atoms with Crippen molar-refractivity contribution in [1.82, 2.24) is 20.6 Å². The van der Waals surface area contributed by atoms with Gasteiger partial charge in [-0.25, -0.2) is 0 Å². The molecule has 8 nitrogen and oxygen atoms in total. The second-order valence-electron chi connectivity index (χ2n) is 3.78. The number of allylic oxidation sites excluding steroid dienone is 1.